The van der Waals surface area contributed by atoms with Crippen molar-refractivity contribution < 1.29 is 14.9 Å². The number of benzene rings is 2. The second kappa shape index (κ2) is 7.67. The molecule has 0 unspecified atom stereocenters. The number of ether oxygens (including phenoxy) is 1. The third kappa shape index (κ3) is 4.21. The van der Waals surface area contributed by atoms with E-state index in [0.717, 1.165) is 12.0 Å². The van der Waals surface area contributed by atoms with E-state index in [4.69, 9.17) is 4.74 Å². The molecular weight excluding hydrogens is 266 g/mol. The van der Waals surface area contributed by atoms with E-state index < -0.39 is 0 Å². The summed E-state index contributed by atoms with van der Waals surface area (Å²) in [5.74, 6) is 0.599. The fourth-order valence-electron chi connectivity index (χ4n) is 2.23. The van der Waals surface area contributed by atoms with Crippen molar-refractivity contribution >= 4 is 0 Å². The Morgan fingerprint density at radius 2 is 1.86 bits per heavy atom. The van der Waals surface area contributed by atoms with Crippen LogP contribution in [0.15, 0.2) is 48.5 Å². The number of phenols is 1. The second-order valence-corrected chi connectivity index (χ2v) is 4.92. The van der Waals surface area contributed by atoms with Gasteiger partial charge in [0, 0.05) is 18.2 Å². The summed E-state index contributed by atoms with van der Waals surface area (Å²) < 4.78 is 5.09. The minimum atomic E-state index is -0.0574. The average molecular weight is 287 g/mol. The van der Waals surface area contributed by atoms with Crippen LogP contribution in [0, 0.1) is 0 Å². The highest BCUT2D eigenvalue weighted by Gasteiger charge is 2.11. The van der Waals surface area contributed by atoms with Gasteiger partial charge in [-0.1, -0.05) is 42.5 Å². The largest absolute Gasteiger partial charge is 0.504 e. The van der Waals surface area contributed by atoms with Gasteiger partial charge in [0.1, 0.15) is 0 Å². The number of rotatable bonds is 7. The molecule has 0 aliphatic rings. The number of methoxy groups -OCH3 is 1. The SMILES string of the molecule is COc1cccc(CN[C@@H](CO)Cc2ccccc2)c1O. The topological polar surface area (TPSA) is 61.7 Å². The Labute approximate surface area is 125 Å². The van der Waals surface area contributed by atoms with E-state index >= 15 is 0 Å². The van der Waals surface area contributed by atoms with Crippen LogP contribution in [0.5, 0.6) is 11.5 Å². The maximum Gasteiger partial charge on any atom is 0.162 e. The molecule has 21 heavy (non-hydrogen) atoms. The highest BCUT2D eigenvalue weighted by atomic mass is 16.5. The van der Waals surface area contributed by atoms with Crippen LogP contribution in [0.3, 0.4) is 0 Å². The van der Waals surface area contributed by atoms with Crippen LogP contribution in [0.25, 0.3) is 0 Å². The highest BCUT2D eigenvalue weighted by molar-refractivity contribution is 5.45. The van der Waals surface area contributed by atoms with E-state index in [2.05, 4.69) is 5.32 Å². The van der Waals surface area contributed by atoms with Crippen molar-refractivity contribution in [2.24, 2.45) is 0 Å². The van der Waals surface area contributed by atoms with E-state index in [1.165, 1.54) is 12.7 Å². The van der Waals surface area contributed by atoms with Crippen molar-refractivity contribution in [2.45, 2.75) is 19.0 Å². The van der Waals surface area contributed by atoms with Gasteiger partial charge >= 0.3 is 0 Å². The van der Waals surface area contributed by atoms with Gasteiger partial charge in [0.25, 0.3) is 0 Å². The van der Waals surface area contributed by atoms with Crippen LogP contribution in [0.4, 0.5) is 0 Å². The maximum absolute atomic E-state index is 10.0. The summed E-state index contributed by atoms with van der Waals surface area (Å²) in [6.45, 7) is 0.515. The molecule has 0 saturated carbocycles. The Kier molecular flexibility index (Phi) is 5.60. The van der Waals surface area contributed by atoms with Crippen molar-refractivity contribution in [2.75, 3.05) is 13.7 Å². The number of aliphatic hydroxyl groups excluding tert-OH is 1. The van der Waals surface area contributed by atoms with Gasteiger partial charge in [-0.2, -0.15) is 0 Å². The lowest BCUT2D eigenvalue weighted by molar-refractivity contribution is 0.240. The van der Waals surface area contributed by atoms with Crippen LogP contribution in [0.2, 0.25) is 0 Å². The number of aromatic hydroxyl groups is 1. The summed E-state index contributed by atoms with van der Waals surface area (Å²) in [4.78, 5) is 0. The first-order chi connectivity index (χ1) is 10.2. The van der Waals surface area contributed by atoms with Crippen LogP contribution >= 0.6 is 0 Å². The van der Waals surface area contributed by atoms with E-state index in [1.807, 2.05) is 42.5 Å². The number of hydrogen-bond acceptors (Lipinski definition) is 4. The zero-order chi connectivity index (χ0) is 15.1. The maximum atomic E-state index is 10.0. The Hall–Kier alpha value is -2.04. The molecule has 2 aromatic carbocycles. The normalized spacial score (nSPS) is 12.1. The Morgan fingerprint density at radius 1 is 1.10 bits per heavy atom. The summed E-state index contributed by atoms with van der Waals surface area (Å²) in [6.07, 6.45) is 0.738. The van der Waals surface area contributed by atoms with Crippen molar-refractivity contribution in [3.63, 3.8) is 0 Å². The van der Waals surface area contributed by atoms with Crippen LogP contribution in [-0.4, -0.2) is 30.0 Å². The molecular formula is C17H21NO3. The predicted octanol–water partition coefficient (Wildman–Crippen LogP) is 2.09. The number of phenolic OH excluding ortho intramolecular Hbond substituents is 1. The molecule has 0 radical (unpaired) electrons. The van der Waals surface area contributed by atoms with Gasteiger partial charge in [-0.3, -0.25) is 0 Å². The number of hydrogen-bond donors (Lipinski definition) is 3. The van der Waals surface area contributed by atoms with Gasteiger partial charge in [-0.25, -0.2) is 0 Å². The number of aliphatic hydroxyl groups is 1. The first kappa shape index (κ1) is 15.4. The number of nitrogens with one attached hydrogen (secondary N) is 1. The fraction of sp³-hybridized carbons (Fsp3) is 0.294. The standard InChI is InChI=1S/C17H21NO3/c1-21-16-9-5-8-14(17(16)20)11-18-15(12-19)10-13-6-3-2-4-7-13/h2-9,15,18-20H,10-12H2,1H3/t15-/m1/s1. The van der Waals surface area contributed by atoms with E-state index in [1.54, 1.807) is 6.07 Å². The van der Waals surface area contributed by atoms with Crippen LogP contribution in [0.1, 0.15) is 11.1 Å². The fourth-order valence-corrected chi connectivity index (χ4v) is 2.23. The molecule has 0 heterocycles. The molecule has 2 rings (SSSR count). The van der Waals surface area contributed by atoms with Gasteiger partial charge in [-0.05, 0) is 18.1 Å². The molecule has 2 aromatic rings. The van der Waals surface area contributed by atoms with Gasteiger partial charge in [0.2, 0.25) is 0 Å². The lowest BCUT2D eigenvalue weighted by Crippen LogP contribution is -2.34. The first-order valence-corrected chi connectivity index (χ1v) is 6.97. The lowest BCUT2D eigenvalue weighted by atomic mass is 10.1. The molecule has 4 nitrogen and oxygen atoms in total. The van der Waals surface area contributed by atoms with Gasteiger partial charge in [-0.15, -0.1) is 0 Å². The summed E-state index contributed by atoms with van der Waals surface area (Å²) in [7, 11) is 1.53. The molecule has 0 bridgehead atoms. The third-order valence-corrected chi connectivity index (χ3v) is 3.43. The molecule has 0 spiro atoms. The molecule has 0 aromatic heterocycles. The molecule has 0 amide bonds. The zero-order valence-corrected chi connectivity index (χ0v) is 12.1. The zero-order valence-electron chi connectivity index (χ0n) is 12.1. The molecule has 4 heteroatoms. The van der Waals surface area contributed by atoms with Crippen molar-refractivity contribution in [1.29, 1.82) is 0 Å². The number of para-hydroxylation sites is 1. The minimum Gasteiger partial charge on any atom is -0.504 e. The second-order valence-electron chi connectivity index (χ2n) is 4.92. The van der Waals surface area contributed by atoms with E-state index in [9.17, 15) is 10.2 Å². The van der Waals surface area contributed by atoms with Crippen molar-refractivity contribution in [3.05, 3.63) is 59.7 Å². The van der Waals surface area contributed by atoms with Crippen molar-refractivity contribution in [1.82, 2.24) is 5.32 Å². The van der Waals surface area contributed by atoms with E-state index in [0.29, 0.717) is 12.3 Å². The molecule has 1 atom stereocenters. The van der Waals surface area contributed by atoms with Gasteiger partial charge in [0.15, 0.2) is 11.5 Å². The Bertz CT molecular complexity index is 557. The molecule has 0 fully saturated rings. The smallest absolute Gasteiger partial charge is 0.162 e. The summed E-state index contributed by atoms with van der Waals surface area (Å²) in [5, 5.41) is 22.8. The summed E-state index contributed by atoms with van der Waals surface area (Å²) in [6, 6.07) is 15.3. The average Bonchev–Trinajstić information content (AvgIpc) is 2.53. The predicted molar refractivity (Wildman–Crippen MR) is 82.5 cm³/mol. The Balaban J connectivity index is 1.97. The molecule has 0 aliphatic carbocycles. The first-order valence-electron chi connectivity index (χ1n) is 6.97. The third-order valence-electron chi connectivity index (χ3n) is 3.43. The Morgan fingerprint density at radius 3 is 2.52 bits per heavy atom. The molecule has 3 N–H and O–H groups in total. The van der Waals surface area contributed by atoms with Gasteiger partial charge < -0.3 is 20.3 Å². The molecule has 0 saturated heterocycles. The summed E-state index contributed by atoms with van der Waals surface area (Å²) in [5.41, 5.74) is 1.92. The van der Waals surface area contributed by atoms with E-state index in [-0.39, 0.29) is 18.4 Å². The van der Waals surface area contributed by atoms with Gasteiger partial charge in [0.05, 0.1) is 13.7 Å². The van der Waals surface area contributed by atoms with Crippen LogP contribution < -0.4 is 10.1 Å². The highest BCUT2D eigenvalue weighted by Crippen LogP contribution is 2.29. The monoisotopic (exact) mass is 287 g/mol. The molecule has 112 valence electrons. The van der Waals surface area contributed by atoms with Crippen LogP contribution in [-0.2, 0) is 13.0 Å². The minimum absolute atomic E-state index is 0.0413. The molecule has 0 aliphatic heterocycles. The summed E-state index contributed by atoms with van der Waals surface area (Å²) >= 11 is 0. The quantitative estimate of drug-likeness (QED) is 0.730. The lowest BCUT2D eigenvalue weighted by Gasteiger charge is -2.17. The van der Waals surface area contributed by atoms with Crippen molar-refractivity contribution in [3.8, 4) is 11.5 Å².